The van der Waals surface area contributed by atoms with Crippen LogP contribution in [0.4, 0.5) is 0 Å². The second kappa shape index (κ2) is 9.67. The molecule has 1 heterocycles. The van der Waals surface area contributed by atoms with Gasteiger partial charge >= 0.3 is 0 Å². The van der Waals surface area contributed by atoms with Crippen molar-refractivity contribution >= 4 is 28.9 Å². The fraction of sp³-hybridized carbons (Fsp3) is 0.154. The molecule has 1 N–H and O–H groups in total. The van der Waals surface area contributed by atoms with Crippen LogP contribution in [0.5, 0.6) is 5.75 Å². The van der Waals surface area contributed by atoms with Gasteiger partial charge in [0.15, 0.2) is 5.17 Å². The number of nitrogens with zero attached hydrogens (tertiary/aromatic N) is 1. The normalized spacial score (nSPS) is 16.0. The number of benzene rings is 3. The molecule has 1 aliphatic rings. The maximum absolute atomic E-state index is 12.3. The van der Waals surface area contributed by atoms with E-state index >= 15 is 0 Å². The molecule has 1 fully saturated rings. The SMILES string of the molecule is Cc1cc(C)cc(CN=C2NC(=O)/C(=C/c3ccc(OCc4ccccc4)cc3)S2)c1. The first-order valence-electron chi connectivity index (χ1n) is 10.1. The van der Waals surface area contributed by atoms with Crippen LogP contribution in [0, 0.1) is 13.8 Å². The van der Waals surface area contributed by atoms with Crippen LogP contribution in [0.15, 0.2) is 82.7 Å². The molecule has 0 unspecified atom stereocenters. The summed E-state index contributed by atoms with van der Waals surface area (Å²) in [4.78, 5) is 17.5. The van der Waals surface area contributed by atoms with E-state index in [4.69, 9.17) is 4.74 Å². The van der Waals surface area contributed by atoms with Crippen molar-refractivity contribution in [1.29, 1.82) is 0 Å². The molecule has 1 aliphatic heterocycles. The minimum Gasteiger partial charge on any atom is -0.489 e. The van der Waals surface area contributed by atoms with Gasteiger partial charge in [-0.2, -0.15) is 0 Å². The van der Waals surface area contributed by atoms with Gasteiger partial charge in [0.2, 0.25) is 0 Å². The largest absolute Gasteiger partial charge is 0.489 e. The third-order valence-electron chi connectivity index (χ3n) is 4.76. The van der Waals surface area contributed by atoms with E-state index < -0.39 is 0 Å². The summed E-state index contributed by atoms with van der Waals surface area (Å²) in [5, 5.41) is 3.49. The average molecular weight is 429 g/mol. The summed E-state index contributed by atoms with van der Waals surface area (Å²) in [6.45, 7) is 5.23. The minimum absolute atomic E-state index is 0.117. The molecule has 1 saturated heterocycles. The number of carbonyl (C=O) groups excluding carboxylic acids is 1. The molecule has 3 aromatic carbocycles. The third-order valence-corrected chi connectivity index (χ3v) is 5.71. The standard InChI is InChI=1S/C26H24N2O2S/c1-18-12-19(2)14-22(13-18)16-27-26-28-25(29)24(31-26)15-20-8-10-23(11-9-20)30-17-21-6-4-3-5-7-21/h3-15H,16-17H2,1-2H3,(H,27,28,29)/b24-15-. The van der Waals surface area contributed by atoms with E-state index in [1.165, 1.54) is 22.9 Å². The molecule has 0 aromatic heterocycles. The Kier molecular flexibility index (Phi) is 6.53. The second-order valence-corrected chi connectivity index (χ2v) is 8.56. The average Bonchev–Trinajstić information content (AvgIpc) is 3.11. The van der Waals surface area contributed by atoms with Crippen LogP contribution in [0.3, 0.4) is 0 Å². The van der Waals surface area contributed by atoms with Gasteiger partial charge in [-0.3, -0.25) is 9.79 Å². The van der Waals surface area contributed by atoms with Crippen molar-refractivity contribution < 1.29 is 9.53 Å². The zero-order chi connectivity index (χ0) is 21.6. The number of aryl methyl sites for hydroxylation is 2. The zero-order valence-electron chi connectivity index (χ0n) is 17.6. The van der Waals surface area contributed by atoms with Crippen molar-refractivity contribution in [2.75, 3.05) is 0 Å². The first kappa shape index (κ1) is 20.9. The van der Waals surface area contributed by atoms with E-state index in [0.29, 0.717) is 23.2 Å². The fourth-order valence-electron chi connectivity index (χ4n) is 3.38. The van der Waals surface area contributed by atoms with Gasteiger partial charge in [-0.05, 0) is 60.5 Å². The molecule has 3 aromatic rings. The zero-order valence-corrected chi connectivity index (χ0v) is 18.4. The van der Waals surface area contributed by atoms with Gasteiger partial charge in [0.1, 0.15) is 12.4 Å². The molecule has 0 bridgehead atoms. The van der Waals surface area contributed by atoms with E-state index in [2.05, 4.69) is 42.4 Å². The quantitative estimate of drug-likeness (QED) is 0.517. The minimum atomic E-state index is -0.117. The number of hydrogen-bond donors (Lipinski definition) is 1. The molecular weight excluding hydrogens is 404 g/mol. The highest BCUT2D eigenvalue weighted by Crippen LogP contribution is 2.27. The van der Waals surface area contributed by atoms with Crippen molar-refractivity contribution in [1.82, 2.24) is 5.32 Å². The lowest BCUT2D eigenvalue weighted by Gasteiger charge is -2.06. The monoisotopic (exact) mass is 428 g/mol. The Morgan fingerprint density at radius 3 is 2.35 bits per heavy atom. The van der Waals surface area contributed by atoms with Gasteiger partial charge in [0, 0.05) is 0 Å². The van der Waals surface area contributed by atoms with Crippen LogP contribution >= 0.6 is 11.8 Å². The van der Waals surface area contributed by atoms with Crippen LogP contribution in [0.1, 0.15) is 27.8 Å². The van der Waals surface area contributed by atoms with E-state index in [0.717, 1.165) is 22.4 Å². The molecule has 156 valence electrons. The van der Waals surface area contributed by atoms with Crippen LogP contribution in [0.2, 0.25) is 0 Å². The smallest absolute Gasteiger partial charge is 0.264 e. The number of aliphatic imine (C=N–C) groups is 1. The Hall–Kier alpha value is -3.31. The second-order valence-electron chi connectivity index (χ2n) is 7.53. The molecule has 0 radical (unpaired) electrons. The van der Waals surface area contributed by atoms with Gasteiger partial charge in [-0.25, -0.2) is 0 Å². The maximum Gasteiger partial charge on any atom is 0.264 e. The number of ether oxygens (including phenoxy) is 1. The van der Waals surface area contributed by atoms with E-state index in [-0.39, 0.29) is 5.91 Å². The first-order valence-corrected chi connectivity index (χ1v) is 11.0. The molecule has 4 rings (SSSR count). The van der Waals surface area contributed by atoms with E-state index in [1.54, 1.807) is 0 Å². The molecule has 0 aliphatic carbocycles. The Morgan fingerprint density at radius 2 is 1.65 bits per heavy atom. The molecular formula is C26H24N2O2S. The van der Waals surface area contributed by atoms with Crippen LogP contribution in [-0.4, -0.2) is 11.1 Å². The van der Waals surface area contributed by atoms with Crippen molar-refractivity contribution in [2.45, 2.75) is 27.0 Å². The number of nitrogens with one attached hydrogen (secondary N) is 1. The Balaban J connectivity index is 1.37. The summed E-state index contributed by atoms with van der Waals surface area (Å²) >= 11 is 1.37. The summed E-state index contributed by atoms with van der Waals surface area (Å²) in [5.74, 6) is 0.679. The Bertz CT molecular complexity index is 1120. The lowest BCUT2D eigenvalue weighted by Crippen LogP contribution is -2.19. The van der Waals surface area contributed by atoms with Crippen molar-refractivity contribution in [2.24, 2.45) is 4.99 Å². The molecule has 0 atom stereocenters. The van der Waals surface area contributed by atoms with Crippen LogP contribution < -0.4 is 10.1 Å². The number of amides is 1. The summed E-state index contributed by atoms with van der Waals surface area (Å²) < 4.78 is 5.82. The highest BCUT2D eigenvalue weighted by molar-refractivity contribution is 8.18. The number of rotatable bonds is 6. The summed E-state index contributed by atoms with van der Waals surface area (Å²) in [7, 11) is 0. The molecule has 31 heavy (non-hydrogen) atoms. The van der Waals surface area contributed by atoms with Crippen molar-refractivity contribution in [3.8, 4) is 5.75 Å². The number of carbonyl (C=O) groups is 1. The summed E-state index contributed by atoms with van der Waals surface area (Å²) in [5.41, 5.74) is 5.65. The topological polar surface area (TPSA) is 50.7 Å². The lowest BCUT2D eigenvalue weighted by molar-refractivity contribution is -0.115. The molecule has 4 nitrogen and oxygen atoms in total. The van der Waals surface area contributed by atoms with Gasteiger partial charge in [0.05, 0.1) is 11.4 Å². The van der Waals surface area contributed by atoms with Gasteiger partial charge < -0.3 is 10.1 Å². The first-order chi connectivity index (χ1) is 15.0. The number of hydrogen-bond acceptors (Lipinski definition) is 4. The van der Waals surface area contributed by atoms with Gasteiger partial charge in [-0.1, -0.05) is 71.8 Å². The number of thioether (sulfide) groups is 1. The third kappa shape index (κ3) is 5.86. The van der Waals surface area contributed by atoms with Crippen molar-refractivity contribution in [3.63, 3.8) is 0 Å². The van der Waals surface area contributed by atoms with Gasteiger partial charge in [-0.15, -0.1) is 0 Å². The molecule has 0 spiro atoms. The molecule has 5 heteroatoms. The van der Waals surface area contributed by atoms with Gasteiger partial charge in [0.25, 0.3) is 5.91 Å². The Labute approximate surface area is 187 Å². The van der Waals surface area contributed by atoms with Crippen LogP contribution in [-0.2, 0) is 17.9 Å². The van der Waals surface area contributed by atoms with E-state index in [9.17, 15) is 4.79 Å². The van der Waals surface area contributed by atoms with E-state index in [1.807, 2.05) is 60.7 Å². The fourth-order valence-corrected chi connectivity index (χ4v) is 4.20. The Morgan fingerprint density at radius 1 is 0.935 bits per heavy atom. The number of amidine groups is 1. The highest BCUT2D eigenvalue weighted by Gasteiger charge is 2.23. The maximum atomic E-state index is 12.3. The van der Waals surface area contributed by atoms with Crippen LogP contribution in [0.25, 0.3) is 6.08 Å². The lowest BCUT2D eigenvalue weighted by atomic mass is 10.1. The molecule has 1 amide bonds. The highest BCUT2D eigenvalue weighted by atomic mass is 32.2. The molecule has 0 saturated carbocycles. The predicted molar refractivity (Wildman–Crippen MR) is 128 cm³/mol. The predicted octanol–water partition coefficient (Wildman–Crippen LogP) is 5.64. The summed E-state index contributed by atoms with van der Waals surface area (Å²) in [6, 6.07) is 24.2. The van der Waals surface area contributed by atoms with Crippen molar-refractivity contribution in [3.05, 3.63) is 106 Å². The summed E-state index contributed by atoms with van der Waals surface area (Å²) in [6.07, 6.45) is 1.88.